The number of methoxy groups -OCH3 is 1. The van der Waals surface area contributed by atoms with Crippen LogP contribution in [0.5, 0.6) is 11.5 Å². The average Bonchev–Trinajstić information content (AvgIpc) is 3.40. The molecule has 8 nitrogen and oxygen atoms in total. The fourth-order valence-corrected chi connectivity index (χ4v) is 4.30. The lowest BCUT2D eigenvalue weighted by atomic mass is 9.94. The Bertz CT molecular complexity index is 1400. The van der Waals surface area contributed by atoms with Gasteiger partial charge in [0.05, 0.1) is 31.0 Å². The number of amides is 2. The van der Waals surface area contributed by atoms with Gasteiger partial charge in [0, 0.05) is 11.3 Å². The van der Waals surface area contributed by atoms with Gasteiger partial charge < -0.3 is 19.3 Å². The van der Waals surface area contributed by atoms with Crippen LogP contribution in [0.15, 0.2) is 89.1 Å². The zero-order chi connectivity index (χ0) is 25.1. The van der Waals surface area contributed by atoms with Gasteiger partial charge in [0.1, 0.15) is 11.5 Å². The topological polar surface area (TPSA) is 89.7 Å². The SMILES string of the molecule is CCOc1ccc(N2C(=O)NC(c3ccccc3)C(c3nc(-c4cccc(OC)c4)no3)=C2C)cc1. The smallest absolute Gasteiger partial charge is 0.326 e. The first kappa shape index (κ1) is 23.2. The average molecular weight is 483 g/mol. The van der Waals surface area contributed by atoms with Gasteiger partial charge in [-0.3, -0.25) is 4.90 Å². The van der Waals surface area contributed by atoms with E-state index in [-0.39, 0.29) is 6.03 Å². The van der Waals surface area contributed by atoms with Crippen molar-refractivity contribution in [2.24, 2.45) is 0 Å². The highest BCUT2D eigenvalue weighted by atomic mass is 16.5. The standard InChI is InChI=1S/C28H26N4O4/c1-4-35-22-15-13-21(14-16-22)32-18(2)24(25(29-28(32)33)19-9-6-5-7-10-19)27-30-26(31-36-27)20-11-8-12-23(17-20)34-3/h5-17,25H,4H2,1-3H3,(H,29,33). The molecule has 1 N–H and O–H groups in total. The van der Waals surface area contributed by atoms with Crippen molar-refractivity contribution >= 4 is 17.3 Å². The number of anilines is 1. The predicted octanol–water partition coefficient (Wildman–Crippen LogP) is 5.85. The highest BCUT2D eigenvalue weighted by Crippen LogP contribution is 2.39. The van der Waals surface area contributed by atoms with E-state index in [2.05, 4.69) is 10.5 Å². The molecule has 3 aromatic carbocycles. The Morgan fingerprint density at radius 3 is 2.50 bits per heavy atom. The van der Waals surface area contributed by atoms with Crippen LogP contribution in [0.2, 0.25) is 0 Å². The molecule has 2 amide bonds. The van der Waals surface area contributed by atoms with Crippen LogP contribution in [-0.4, -0.2) is 29.9 Å². The number of ether oxygens (including phenoxy) is 2. The maximum Gasteiger partial charge on any atom is 0.326 e. The summed E-state index contributed by atoms with van der Waals surface area (Å²) in [6.07, 6.45) is 0. The van der Waals surface area contributed by atoms with Crippen molar-refractivity contribution in [3.05, 3.63) is 96.0 Å². The van der Waals surface area contributed by atoms with Crippen LogP contribution in [-0.2, 0) is 0 Å². The summed E-state index contributed by atoms with van der Waals surface area (Å²) < 4.78 is 16.7. The Labute approximate surface area is 209 Å². The molecule has 0 bridgehead atoms. The molecule has 36 heavy (non-hydrogen) atoms. The molecule has 2 heterocycles. The van der Waals surface area contributed by atoms with Crippen LogP contribution in [0, 0.1) is 0 Å². The van der Waals surface area contributed by atoms with E-state index in [1.165, 1.54) is 0 Å². The van der Waals surface area contributed by atoms with E-state index in [1.807, 2.05) is 92.7 Å². The largest absolute Gasteiger partial charge is 0.497 e. The third kappa shape index (κ3) is 4.40. The minimum Gasteiger partial charge on any atom is -0.497 e. The van der Waals surface area contributed by atoms with Crippen LogP contribution in [0.1, 0.15) is 31.3 Å². The highest BCUT2D eigenvalue weighted by Gasteiger charge is 2.36. The number of hydrogen-bond acceptors (Lipinski definition) is 6. The molecule has 0 aliphatic carbocycles. The molecule has 0 radical (unpaired) electrons. The minimum atomic E-state index is -0.462. The highest BCUT2D eigenvalue weighted by molar-refractivity contribution is 6.01. The first-order valence-corrected chi connectivity index (χ1v) is 11.7. The van der Waals surface area contributed by atoms with E-state index in [4.69, 9.17) is 19.0 Å². The van der Waals surface area contributed by atoms with Crippen LogP contribution < -0.4 is 19.7 Å². The monoisotopic (exact) mass is 482 g/mol. The molecule has 182 valence electrons. The fourth-order valence-electron chi connectivity index (χ4n) is 4.30. The van der Waals surface area contributed by atoms with Gasteiger partial charge >= 0.3 is 6.03 Å². The molecule has 0 saturated carbocycles. The summed E-state index contributed by atoms with van der Waals surface area (Å²) >= 11 is 0. The summed E-state index contributed by atoms with van der Waals surface area (Å²) in [4.78, 5) is 19.7. The molecule has 4 aromatic rings. The number of carbonyl (C=O) groups is 1. The Hall–Kier alpha value is -4.59. The summed E-state index contributed by atoms with van der Waals surface area (Å²) in [6.45, 7) is 4.38. The zero-order valence-electron chi connectivity index (χ0n) is 20.3. The Morgan fingerprint density at radius 1 is 1.00 bits per heavy atom. The molecule has 1 aliphatic rings. The summed E-state index contributed by atoms with van der Waals surface area (Å²) in [6, 6.07) is 23.9. The van der Waals surface area contributed by atoms with Crippen LogP contribution >= 0.6 is 0 Å². The van der Waals surface area contributed by atoms with E-state index in [1.54, 1.807) is 12.0 Å². The number of rotatable bonds is 7. The summed E-state index contributed by atoms with van der Waals surface area (Å²) in [5.41, 5.74) is 3.79. The number of carbonyl (C=O) groups excluding carboxylic acids is 1. The van der Waals surface area contributed by atoms with Gasteiger partial charge in [-0.05, 0) is 55.8 Å². The first-order chi connectivity index (χ1) is 17.6. The van der Waals surface area contributed by atoms with Gasteiger partial charge in [-0.1, -0.05) is 47.6 Å². The number of urea groups is 1. The maximum absolute atomic E-state index is 13.3. The molecular formula is C28H26N4O4. The number of allylic oxidation sites excluding steroid dienone is 1. The number of benzene rings is 3. The van der Waals surface area contributed by atoms with Crippen molar-refractivity contribution < 1.29 is 18.8 Å². The van der Waals surface area contributed by atoms with E-state index < -0.39 is 6.04 Å². The van der Waals surface area contributed by atoms with Gasteiger partial charge in [-0.25, -0.2) is 4.79 Å². The van der Waals surface area contributed by atoms with Gasteiger partial charge in [0.2, 0.25) is 5.82 Å². The van der Waals surface area contributed by atoms with E-state index in [0.717, 1.165) is 22.4 Å². The second-order valence-electron chi connectivity index (χ2n) is 8.21. The van der Waals surface area contributed by atoms with Crippen molar-refractivity contribution in [1.29, 1.82) is 0 Å². The molecule has 1 unspecified atom stereocenters. The number of aromatic nitrogens is 2. The molecule has 0 fully saturated rings. The van der Waals surface area contributed by atoms with Gasteiger partial charge in [-0.15, -0.1) is 0 Å². The normalized spacial score (nSPS) is 15.6. The van der Waals surface area contributed by atoms with Crippen LogP contribution in [0.3, 0.4) is 0 Å². The molecule has 1 atom stereocenters. The van der Waals surface area contributed by atoms with Gasteiger partial charge in [-0.2, -0.15) is 4.98 Å². The molecular weight excluding hydrogens is 456 g/mol. The van der Waals surface area contributed by atoms with Gasteiger partial charge in [0.15, 0.2) is 0 Å². The Morgan fingerprint density at radius 2 is 1.78 bits per heavy atom. The molecule has 1 aliphatic heterocycles. The fraction of sp³-hybridized carbons (Fsp3) is 0.179. The van der Waals surface area contributed by atoms with E-state index in [0.29, 0.717) is 35.5 Å². The Balaban J connectivity index is 1.61. The summed E-state index contributed by atoms with van der Waals surface area (Å²) in [7, 11) is 1.61. The molecule has 1 aromatic heterocycles. The molecule has 0 spiro atoms. The number of nitrogens with one attached hydrogen (secondary N) is 1. The van der Waals surface area contributed by atoms with E-state index in [9.17, 15) is 4.79 Å². The minimum absolute atomic E-state index is 0.248. The second kappa shape index (κ2) is 9.95. The van der Waals surface area contributed by atoms with Gasteiger partial charge in [0.25, 0.3) is 5.89 Å². The molecule has 5 rings (SSSR count). The lowest BCUT2D eigenvalue weighted by molar-refractivity contribution is 0.244. The lowest BCUT2D eigenvalue weighted by Gasteiger charge is -2.35. The van der Waals surface area contributed by atoms with Crippen molar-refractivity contribution in [3.8, 4) is 22.9 Å². The summed E-state index contributed by atoms with van der Waals surface area (Å²) in [5.74, 6) is 2.20. The number of nitrogens with zero attached hydrogens (tertiary/aromatic N) is 3. The number of hydrogen-bond donors (Lipinski definition) is 1. The van der Waals surface area contributed by atoms with Crippen molar-refractivity contribution in [2.75, 3.05) is 18.6 Å². The second-order valence-corrected chi connectivity index (χ2v) is 8.21. The lowest BCUT2D eigenvalue weighted by Crippen LogP contribution is -2.46. The summed E-state index contributed by atoms with van der Waals surface area (Å²) in [5, 5.41) is 7.34. The Kier molecular flexibility index (Phi) is 6.40. The molecule has 0 saturated heterocycles. The van der Waals surface area contributed by atoms with Crippen molar-refractivity contribution in [1.82, 2.24) is 15.5 Å². The first-order valence-electron chi connectivity index (χ1n) is 11.7. The third-order valence-corrected chi connectivity index (χ3v) is 6.01. The van der Waals surface area contributed by atoms with Crippen molar-refractivity contribution in [3.63, 3.8) is 0 Å². The predicted molar refractivity (Wildman–Crippen MR) is 137 cm³/mol. The maximum atomic E-state index is 13.3. The zero-order valence-corrected chi connectivity index (χ0v) is 20.3. The van der Waals surface area contributed by atoms with E-state index >= 15 is 0 Å². The molecule has 8 heteroatoms. The van der Waals surface area contributed by atoms with Crippen molar-refractivity contribution in [2.45, 2.75) is 19.9 Å². The quantitative estimate of drug-likeness (QED) is 0.356. The van der Waals surface area contributed by atoms with Crippen LogP contribution in [0.4, 0.5) is 10.5 Å². The van der Waals surface area contributed by atoms with Crippen LogP contribution in [0.25, 0.3) is 17.0 Å². The third-order valence-electron chi connectivity index (χ3n) is 6.01.